The first-order valence-electron chi connectivity index (χ1n) is 6.99. The van der Waals surface area contributed by atoms with Crippen LogP contribution in [0, 0.1) is 0 Å². The molecule has 1 rings (SSSR count). The third kappa shape index (κ3) is 5.58. The molecule has 19 heavy (non-hydrogen) atoms. The highest BCUT2D eigenvalue weighted by Crippen LogP contribution is 2.12. The van der Waals surface area contributed by atoms with Gasteiger partial charge >= 0.3 is 0 Å². The van der Waals surface area contributed by atoms with E-state index in [4.69, 9.17) is 0 Å². The second-order valence-corrected chi connectivity index (χ2v) is 4.63. The molecule has 0 atom stereocenters. The lowest BCUT2D eigenvalue weighted by Crippen LogP contribution is -2.12. The van der Waals surface area contributed by atoms with E-state index in [-0.39, 0.29) is 5.91 Å². The van der Waals surface area contributed by atoms with Crippen molar-refractivity contribution in [2.75, 3.05) is 5.32 Å². The van der Waals surface area contributed by atoms with Crippen LogP contribution in [0.4, 0.5) is 5.69 Å². The van der Waals surface area contributed by atoms with Crippen LogP contribution in [0.1, 0.15) is 46.5 Å². The van der Waals surface area contributed by atoms with Gasteiger partial charge in [0.1, 0.15) is 0 Å². The number of anilines is 1. The lowest BCUT2D eigenvalue weighted by molar-refractivity contribution is -0.112. The third-order valence-electron chi connectivity index (χ3n) is 3.00. The molecule has 0 heterocycles. The van der Waals surface area contributed by atoms with E-state index < -0.39 is 0 Å². The summed E-state index contributed by atoms with van der Waals surface area (Å²) in [5, 5.41) is 2.88. The summed E-state index contributed by atoms with van der Waals surface area (Å²) in [6.45, 7) is 6.10. The molecule has 0 fully saturated rings. The number of hydrogen-bond acceptors (Lipinski definition) is 1. The number of unbranched alkanes of at least 4 members (excludes halogenated alkanes) is 1. The van der Waals surface area contributed by atoms with E-state index in [1.54, 1.807) is 0 Å². The molecule has 0 radical (unpaired) electrons. The number of amides is 1. The van der Waals surface area contributed by atoms with Gasteiger partial charge in [-0.2, -0.15) is 0 Å². The molecular weight excluding hydrogens is 234 g/mol. The lowest BCUT2D eigenvalue weighted by atomic mass is 10.1. The molecule has 0 aliphatic carbocycles. The Balaban J connectivity index is 2.77. The van der Waals surface area contributed by atoms with Gasteiger partial charge in [0.05, 0.1) is 5.57 Å². The summed E-state index contributed by atoms with van der Waals surface area (Å²) in [7, 11) is 0. The number of rotatable bonds is 6. The summed E-state index contributed by atoms with van der Waals surface area (Å²) in [5.41, 5.74) is 5.94. The zero-order valence-electron chi connectivity index (χ0n) is 12.1. The molecule has 2 nitrogen and oxygen atoms in total. The van der Waals surface area contributed by atoms with E-state index in [1.807, 2.05) is 37.3 Å². The van der Waals surface area contributed by atoms with E-state index in [0.717, 1.165) is 24.9 Å². The average Bonchev–Trinajstić information content (AvgIpc) is 2.44. The Kier molecular flexibility index (Phi) is 6.70. The van der Waals surface area contributed by atoms with Crippen molar-refractivity contribution in [3.05, 3.63) is 47.2 Å². The topological polar surface area (TPSA) is 29.1 Å². The number of benzene rings is 1. The molecule has 1 aromatic rings. The van der Waals surface area contributed by atoms with Crippen LogP contribution in [0.25, 0.3) is 0 Å². The van der Waals surface area contributed by atoms with Gasteiger partial charge in [-0.1, -0.05) is 38.5 Å². The fraction of sp³-hybridized carbons (Fsp3) is 0.412. The molecule has 102 valence electrons. The Morgan fingerprint density at radius 1 is 1.21 bits per heavy atom. The smallest absolute Gasteiger partial charge is 0.259 e. The molecule has 0 aliphatic heterocycles. The third-order valence-corrected chi connectivity index (χ3v) is 3.00. The number of carbonyl (C=O) groups is 1. The van der Waals surface area contributed by atoms with E-state index in [2.05, 4.69) is 24.9 Å². The van der Waals surface area contributed by atoms with Gasteiger partial charge in [-0.15, -0.1) is 5.73 Å². The predicted octanol–water partition coefficient (Wildman–Crippen LogP) is 4.70. The molecule has 0 bridgehead atoms. The highest BCUT2D eigenvalue weighted by Gasteiger charge is 2.04. The van der Waals surface area contributed by atoms with Gasteiger partial charge in [0.2, 0.25) is 0 Å². The quantitative estimate of drug-likeness (QED) is 0.581. The maximum Gasteiger partial charge on any atom is 0.259 e. The van der Waals surface area contributed by atoms with Crippen molar-refractivity contribution in [2.24, 2.45) is 0 Å². The Hall–Kier alpha value is -1.79. The normalized spacial score (nSPS) is 9.63. The lowest BCUT2D eigenvalue weighted by Gasteiger charge is -2.04. The van der Waals surface area contributed by atoms with Gasteiger partial charge in [-0.25, -0.2) is 0 Å². The van der Waals surface area contributed by atoms with Crippen LogP contribution >= 0.6 is 0 Å². The molecule has 0 saturated carbocycles. The highest BCUT2D eigenvalue weighted by molar-refractivity contribution is 6.03. The first-order chi connectivity index (χ1) is 9.17. The first-order valence-corrected chi connectivity index (χ1v) is 6.99. The Labute approximate surface area is 116 Å². The Morgan fingerprint density at radius 2 is 1.89 bits per heavy atom. The van der Waals surface area contributed by atoms with Crippen LogP contribution in [0.15, 0.2) is 47.2 Å². The van der Waals surface area contributed by atoms with Gasteiger partial charge < -0.3 is 5.32 Å². The van der Waals surface area contributed by atoms with Crippen LogP contribution in [0.2, 0.25) is 0 Å². The van der Waals surface area contributed by atoms with Gasteiger partial charge in [0.15, 0.2) is 0 Å². The number of para-hydroxylation sites is 1. The molecule has 1 amide bonds. The van der Waals surface area contributed by atoms with Crippen LogP contribution < -0.4 is 5.32 Å². The van der Waals surface area contributed by atoms with Crippen molar-refractivity contribution in [1.82, 2.24) is 0 Å². The van der Waals surface area contributed by atoms with Gasteiger partial charge in [0, 0.05) is 5.69 Å². The monoisotopic (exact) mass is 257 g/mol. The van der Waals surface area contributed by atoms with Gasteiger partial charge in [-0.05, 0) is 43.9 Å². The van der Waals surface area contributed by atoms with Crippen LogP contribution in [-0.4, -0.2) is 5.91 Å². The van der Waals surface area contributed by atoms with Crippen molar-refractivity contribution in [3.8, 4) is 0 Å². The van der Waals surface area contributed by atoms with E-state index in [0.29, 0.717) is 5.57 Å². The minimum Gasteiger partial charge on any atom is -0.322 e. The highest BCUT2D eigenvalue weighted by atomic mass is 16.1. The summed E-state index contributed by atoms with van der Waals surface area (Å²) in [6, 6.07) is 9.50. The Bertz CT molecular complexity index is 467. The summed E-state index contributed by atoms with van der Waals surface area (Å²) < 4.78 is 0. The van der Waals surface area contributed by atoms with Gasteiger partial charge in [-0.3, -0.25) is 4.79 Å². The number of carbonyl (C=O) groups excluding carboxylic acids is 1. The van der Waals surface area contributed by atoms with Crippen LogP contribution in [0.3, 0.4) is 0 Å². The average molecular weight is 257 g/mol. The molecule has 2 heteroatoms. The molecule has 0 aliphatic rings. The largest absolute Gasteiger partial charge is 0.322 e. The van der Waals surface area contributed by atoms with Crippen molar-refractivity contribution in [1.29, 1.82) is 0 Å². The molecule has 1 aromatic carbocycles. The minimum absolute atomic E-state index is 0.0753. The Morgan fingerprint density at radius 3 is 2.47 bits per heavy atom. The summed E-state index contributed by atoms with van der Waals surface area (Å²) in [5.74, 6) is -0.0753. The fourth-order valence-corrected chi connectivity index (χ4v) is 1.79. The van der Waals surface area contributed by atoms with Crippen molar-refractivity contribution < 1.29 is 4.79 Å². The van der Waals surface area contributed by atoms with Crippen LogP contribution in [-0.2, 0) is 4.79 Å². The second kappa shape index (κ2) is 8.34. The van der Waals surface area contributed by atoms with Crippen molar-refractivity contribution >= 4 is 11.6 Å². The zero-order valence-corrected chi connectivity index (χ0v) is 12.1. The first kappa shape index (κ1) is 15.3. The second-order valence-electron chi connectivity index (χ2n) is 4.63. The summed E-state index contributed by atoms with van der Waals surface area (Å²) >= 11 is 0. The molecule has 0 aromatic heterocycles. The molecular formula is C17H23NO. The van der Waals surface area contributed by atoms with E-state index >= 15 is 0 Å². The van der Waals surface area contributed by atoms with Crippen LogP contribution in [0.5, 0.6) is 0 Å². The standard InChI is InChI=1S/C17H23NO/c1-4-6-10-15(5-2)13-14(3)17(19)18-16-11-8-7-9-12-16/h7-9,11-12H,4-6,10H2,1-3H3,(H,18,19). The molecule has 0 unspecified atom stereocenters. The molecule has 0 spiro atoms. The maximum atomic E-state index is 12.0. The van der Waals surface area contributed by atoms with Crippen molar-refractivity contribution in [3.63, 3.8) is 0 Å². The zero-order chi connectivity index (χ0) is 14.1. The summed E-state index contributed by atoms with van der Waals surface area (Å²) in [4.78, 5) is 12.0. The predicted molar refractivity (Wildman–Crippen MR) is 81.1 cm³/mol. The van der Waals surface area contributed by atoms with Crippen molar-refractivity contribution in [2.45, 2.75) is 46.5 Å². The maximum absolute atomic E-state index is 12.0. The minimum atomic E-state index is -0.0753. The SMILES string of the molecule is CCCCC(=C=C(C)C(=O)Nc1ccccc1)CC. The van der Waals surface area contributed by atoms with Gasteiger partial charge in [0.25, 0.3) is 5.91 Å². The summed E-state index contributed by atoms with van der Waals surface area (Å²) in [6.07, 6.45) is 4.31. The van der Waals surface area contributed by atoms with E-state index in [1.165, 1.54) is 12.0 Å². The molecule has 0 saturated heterocycles. The van der Waals surface area contributed by atoms with E-state index in [9.17, 15) is 4.79 Å². The fourth-order valence-electron chi connectivity index (χ4n) is 1.79. The number of hydrogen-bond donors (Lipinski definition) is 1. The number of nitrogens with one attached hydrogen (secondary N) is 1. The molecule has 1 N–H and O–H groups in total.